The number of halogens is 1. The highest BCUT2D eigenvalue weighted by molar-refractivity contribution is 9.10. The second-order valence-electron chi connectivity index (χ2n) is 7.24. The number of carbonyl (C=O) groups is 1. The van der Waals surface area contributed by atoms with Crippen molar-refractivity contribution in [2.45, 2.75) is 19.0 Å². The predicted molar refractivity (Wildman–Crippen MR) is 135 cm³/mol. The summed E-state index contributed by atoms with van der Waals surface area (Å²) in [4.78, 5) is 16.6. The van der Waals surface area contributed by atoms with E-state index in [2.05, 4.69) is 41.6 Å². The van der Waals surface area contributed by atoms with Gasteiger partial charge in [0.2, 0.25) is 0 Å². The van der Waals surface area contributed by atoms with Crippen LogP contribution >= 0.6 is 27.7 Å². The van der Waals surface area contributed by atoms with Crippen molar-refractivity contribution in [2.24, 2.45) is 5.10 Å². The maximum Gasteiger partial charge on any atom is 0.250 e. The molecular weight excluding hydrogens is 500 g/mol. The van der Waals surface area contributed by atoms with Crippen molar-refractivity contribution >= 4 is 39.3 Å². The molecule has 0 radical (unpaired) electrons. The number of hydrogen-bond donors (Lipinski definition) is 1. The maximum absolute atomic E-state index is 12.5. The minimum absolute atomic E-state index is 0.148. The average Bonchev–Trinajstić information content (AvgIpc) is 3.26. The highest BCUT2D eigenvalue weighted by Gasteiger charge is 2.17. The van der Waals surface area contributed by atoms with Crippen LogP contribution in [0.1, 0.15) is 18.1 Å². The molecule has 166 valence electrons. The van der Waals surface area contributed by atoms with Crippen LogP contribution in [0.25, 0.3) is 17.1 Å². The molecule has 0 spiro atoms. The lowest BCUT2D eigenvalue weighted by molar-refractivity contribution is -0.118. The number of amides is 1. The van der Waals surface area contributed by atoms with E-state index in [0.717, 1.165) is 32.6 Å². The molecule has 9 heteroatoms. The van der Waals surface area contributed by atoms with Crippen LogP contribution in [0.3, 0.4) is 0 Å². The molecule has 0 fully saturated rings. The Bertz CT molecular complexity index is 1290. The standard InChI is InChI=1S/C24H21BrN6OS/c1-16-6-8-21(9-7-16)31-23(18-10-12-26-13-11-18)29-30-24(31)33-15-22(32)28-27-17(2)19-4-3-5-20(25)14-19/h3-14H,15H2,1-2H3,(H,28,32)/b27-17-. The van der Waals surface area contributed by atoms with E-state index in [1.54, 1.807) is 12.4 Å². The van der Waals surface area contributed by atoms with E-state index < -0.39 is 0 Å². The number of rotatable bonds is 7. The highest BCUT2D eigenvalue weighted by atomic mass is 79.9. The Labute approximate surface area is 204 Å². The molecule has 0 atom stereocenters. The lowest BCUT2D eigenvalue weighted by atomic mass is 10.1. The molecule has 0 aliphatic rings. The molecule has 0 unspecified atom stereocenters. The number of nitrogens with zero attached hydrogens (tertiary/aromatic N) is 5. The summed E-state index contributed by atoms with van der Waals surface area (Å²) in [7, 11) is 0. The maximum atomic E-state index is 12.5. The zero-order valence-electron chi connectivity index (χ0n) is 18.1. The summed E-state index contributed by atoms with van der Waals surface area (Å²) in [6, 6.07) is 19.6. The Morgan fingerprint density at radius 1 is 1.09 bits per heavy atom. The van der Waals surface area contributed by atoms with Crippen molar-refractivity contribution in [3.8, 4) is 17.1 Å². The third-order valence-electron chi connectivity index (χ3n) is 4.79. The summed E-state index contributed by atoms with van der Waals surface area (Å²) in [6.45, 7) is 3.89. The molecule has 0 aliphatic heterocycles. The van der Waals surface area contributed by atoms with Crippen molar-refractivity contribution in [1.82, 2.24) is 25.2 Å². The fourth-order valence-corrected chi connectivity index (χ4v) is 4.21. The molecule has 4 aromatic rings. The van der Waals surface area contributed by atoms with E-state index in [1.807, 2.05) is 79.1 Å². The molecule has 1 N–H and O–H groups in total. The van der Waals surface area contributed by atoms with E-state index in [1.165, 1.54) is 11.8 Å². The van der Waals surface area contributed by atoms with Crippen LogP contribution in [0.4, 0.5) is 0 Å². The number of carbonyl (C=O) groups excluding carboxylic acids is 1. The smallest absolute Gasteiger partial charge is 0.250 e. The van der Waals surface area contributed by atoms with Crippen molar-refractivity contribution < 1.29 is 4.79 Å². The van der Waals surface area contributed by atoms with Crippen molar-refractivity contribution in [2.75, 3.05) is 5.75 Å². The van der Waals surface area contributed by atoms with E-state index in [0.29, 0.717) is 11.0 Å². The lowest BCUT2D eigenvalue weighted by Gasteiger charge is -2.10. The first-order chi connectivity index (χ1) is 16.0. The summed E-state index contributed by atoms with van der Waals surface area (Å²) in [5.74, 6) is 0.612. The first-order valence-electron chi connectivity index (χ1n) is 10.2. The van der Waals surface area contributed by atoms with Crippen LogP contribution < -0.4 is 5.43 Å². The number of aryl methyl sites for hydroxylation is 1. The third kappa shape index (κ3) is 5.74. The van der Waals surface area contributed by atoms with Gasteiger partial charge in [0.1, 0.15) is 0 Å². The normalized spacial score (nSPS) is 11.4. The Hall–Kier alpha value is -3.30. The topological polar surface area (TPSA) is 85.1 Å². The number of nitrogens with one attached hydrogen (secondary N) is 1. The van der Waals surface area contributed by atoms with Gasteiger partial charge in [0.15, 0.2) is 11.0 Å². The number of aromatic nitrogens is 4. The van der Waals surface area contributed by atoms with Crippen LogP contribution in [0.2, 0.25) is 0 Å². The molecule has 0 aliphatic carbocycles. The Balaban J connectivity index is 1.52. The molecule has 2 aromatic heterocycles. The molecule has 4 rings (SSSR count). The summed E-state index contributed by atoms with van der Waals surface area (Å²) in [5, 5.41) is 13.6. The van der Waals surface area contributed by atoms with Gasteiger partial charge in [-0.15, -0.1) is 10.2 Å². The summed E-state index contributed by atoms with van der Waals surface area (Å²) in [5.41, 5.74) is 7.24. The number of benzene rings is 2. The molecule has 0 bridgehead atoms. The zero-order valence-corrected chi connectivity index (χ0v) is 20.5. The Morgan fingerprint density at radius 3 is 2.58 bits per heavy atom. The van der Waals surface area contributed by atoms with Crippen molar-refractivity contribution in [1.29, 1.82) is 0 Å². The first kappa shape index (κ1) is 22.9. The molecular formula is C24H21BrN6OS. The average molecular weight is 521 g/mol. The zero-order chi connectivity index (χ0) is 23.2. The van der Waals surface area contributed by atoms with Crippen LogP contribution in [0.5, 0.6) is 0 Å². The van der Waals surface area contributed by atoms with E-state index in [9.17, 15) is 4.79 Å². The molecule has 7 nitrogen and oxygen atoms in total. The highest BCUT2D eigenvalue weighted by Crippen LogP contribution is 2.27. The van der Waals surface area contributed by atoms with Crippen molar-refractivity contribution in [3.63, 3.8) is 0 Å². The van der Waals surface area contributed by atoms with Crippen LogP contribution in [0.15, 0.2) is 87.8 Å². The summed E-state index contributed by atoms with van der Waals surface area (Å²) < 4.78 is 2.90. The number of hydrazone groups is 1. The molecule has 0 saturated carbocycles. The monoisotopic (exact) mass is 520 g/mol. The number of pyridine rings is 1. The van der Waals surface area contributed by atoms with Crippen LogP contribution in [-0.2, 0) is 4.79 Å². The van der Waals surface area contributed by atoms with Gasteiger partial charge in [0, 0.05) is 28.1 Å². The summed E-state index contributed by atoms with van der Waals surface area (Å²) >= 11 is 4.75. The minimum atomic E-state index is -0.224. The van der Waals surface area contributed by atoms with E-state index in [-0.39, 0.29) is 11.7 Å². The third-order valence-corrected chi connectivity index (χ3v) is 6.21. The largest absolute Gasteiger partial charge is 0.272 e. The van der Waals surface area contributed by atoms with Crippen LogP contribution in [0, 0.1) is 6.92 Å². The van der Waals surface area contributed by atoms with E-state index in [4.69, 9.17) is 0 Å². The fourth-order valence-electron chi connectivity index (χ4n) is 3.06. The number of hydrogen-bond acceptors (Lipinski definition) is 6. The molecule has 1 amide bonds. The van der Waals surface area contributed by atoms with Crippen molar-refractivity contribution in [3.05, 3.63) is 88.7 Å². The van der Waals surface area contributed by atoms with Gasteiger partial charge in [-0.1, -0.05) is 57.5 Å². The Kier molecular flexibility index (Phi) is 7.31. The minimum Gasteiger partial charge on any atom is -0.272 e. The van der Waals surface area contributed by atoms with Gasteiger partial charge in [-0.05, 0) is 55.8 Å². The predicted octanol–water partition coefficient (Wildman–Crippen LogP) is 5.03. The van der Waals surface area contributed by atoms with E-state index >= 15 is 0 Å². The SMILES string of the molecule is C/C(=N/NC(=O)CSc1nnc(-c2ccncc2)n1-c1ccc(C)cc1)c1cccc(Br)c1. The van der Waals surface area contributed by atoms with Gasteiger partial charge in [-0.3, -0.25) is 14.3 Å². The first-order valence-corrected chi connectivity index (χ1v) is 11.9. The van der Waals surface area contributed by atoms with Gasteiger partial charge in [0.05, 0.1) is 11.5 Å². The van der Waals surface area contributed by atoms with Gasteiger partial charge < -0.3 is 0 Å². The second kappa shape index (κ2) is 10.5. The molecule has 2 heterocycles. The lowest BCUT2D eigenvalue weighted by Crippen LogP contribution is -2.21. The van der Waals surface area contributed by atoms with Gasteiger partial charge in [0.25, 0.3) is 5.91 Å². The van der Waals surface area contributed by atoms with Crippen LogP contribution in [-0.4, -0.2) is 37.1 Å². The van der Waals surface area contributed by atoms with Gasteiger partial charge >= 0.3 is 0 Å². The molecule has 33 heavy (non-hydrogen) atoms. The summed E-state index contributed by atoms with van der Waals surface area (Å²) in [6.07, 6.45) is 3.44. The Morgan fingerprint density at radius 2 is 1.85 bits per heavy atom. The van der Waals surface area contributed by atoms with Gasteiger partial charge in [-0.2, -0.15) is 5.10 Å². The molecule has 0 saturated heterocycles. The van der Waals surface area contributed by atoms with Gasteiger partial charge in [-0.25, -0.2) is 5.43 Å². The molecule has 2 aromatic carbocycles. The number of thioether (sulfide) groups is 1. The fraction of sp³-hybridized carbons (Fsp3) is 0.125. The quantitative estimate of drug-likeness (QED) is 0.210. The second-order valence-corrected chi connectivity index (χ2v) is 9.10.